The molecule has 0 aliphatic carbocycles. The van der Waals surface area contributed by atoms with Crippen LogP contribution < -0.4 is 11.2 Å². The summed E-state index contributed by atoms with van der Waals surface area (Å²) in [5.41, 5.74) is -1.33. The topological polar surface area (TPSA) is 138 Å². The van der Waals surface area contributed by atoms with Gasteiger partial charge in [-0.2, -0.15) is 0 Å². The Morgan fingerprint density at radius 1 is 1.19 bits per heavy atom. The van der Waals surface area contributed by atoms with Crippen LogP contribution in [0, 0.1) is 5.41 Å². The van der Waals surface area contributed by atoms with Crippen LogP contribution in [0.25, 0.3) is 0 Å². The van der Waals surface area contributed by atoms with E-state index < -0.39 is 51.7 Å². The fourth-order valence-electron chi connectivity index (χ4n) is 3.27. The molecule has 1 saturated heterocycles. The van der Waals surface area contributed by atoms with Crippen LogP contribution in [0.2, 0.25) is 18.1 Å². The highest BCUT2D eigenvalue weighted by Crippen LogP contribution is 2.46. The zero-order chi connectivity index (χ0) is 27.5. The minimum absolute atomic E-state index is 0.116. The van der Waals surface area contributed by atoms with Crippen LogP contribution >= 0.6 is 7.60 Å². The van der Waals surface area contributed by atoms with Gasteiger partial charge < -0.3 is 23.5 Å². The minimum atomic E-state index is -4.16. The highest BCUT2D eigenvalue weighted by molar-refractivity contribution is 7.56. The van der Waals surface area contributed by atoms with Crippen molar-refractivity contribution in [3.63, 3.8) is 0 Å². The SMILES string of the molecule is COC1C(O[Si](C)(C)C(C)(C)C)[C@@H](/C=C/P(=O)(O)OCOCC(C)(C)C)O[C@H]1n1ccc(=O)[nH]c1=O. The molecule has 13 heteroatoms. The molecule has 206 valence electrons. The monoisotopic (exact) mass is 548 g/mol. The average Bonchev–Trinajstić information content (AvgIpc) is 3.05. The second-order valence-electron chi connectivity index (χ2n) is 11.6. The molecular weight excluding hydrogens is 507 g/mol. The van der Waals surface area contributed by atoms with Crippen molar-refractivity contribution in [2.45, 2.75) is 84.2 Å². The Morgan fingerprint density at radius 2 is 1.83 bits per heavy atom. The fraction of sp³-hybridized carbons (Fsp3) is 0.739. The molecule has 3 unspecified atom stereocenters. The first-order valence-electron chi connectivity index (χ1n) is 11.8. The normalized spacial score (nSPS) is 25.4. The molecule has 1 fully saturated rings. The second kappa shape index (κ2) is 11.6. The summed E-state index contributed by atoms with van der Waals surface area (Å²) >= 11 is 0. The van der Waals surface area contributed by atoms with E-state index in [2.05, 4.69) is 38.8 Å². The van der Waals surface area contributed by atoms with E-state index in [1.54, 1.807) is 0 Å². The Labute approximate surface area is 213 Å². The third kappa shape index (κ3) is 8.32. The van der Waals surface area contributed by atoms with Crippen LogP contribution in [0.1, 0.15) is 47.8 Å². The van der Waals surface area contributed by atoms with Gasteiger partial charge in [-0.15, -0.1) is 0 Å². The first kappa shape index (κ1) is 30.8. The molecule has 0 spiro atoms. The maximum atomic E-state index is 12.6. The van der Waals surface area contributed by atoms with Gasteiger partial charge in [0.25, 0.3) is 5.56 Å². The Kier molecular flexibility index (Phi) is 9.91. The Hall–Kier alpha value is -1.37. The van der Waals surface area contributed by atoms with Crippen LogP contribution in [0.5, 0.6) is 0 Å². The number of aromatic amines is 1. The summed E-state index contributed by atoms with van der Waals surface area (Å²) in [6, 6.07) is 1.21. The molecule has 1 aromatic heterocycles. The number of nitrogens with zero attached hydrogens (tertiary/aromatic N) is 1. The van der Waals surface area contributed by atoms with E-state index >= 15 is 0 Å². The van der Waals surface area contributed by atoms with Crippen molar-refractivity contribution >= 4 is 15.9 Å². The lowest BCUT2D eigenvalue weighted by Crippen LogP contribution is -2.49. The van der Waals surface area contributed by atoms with Gasteiger partial charge in [-0.05, 0) is 29.6 Å². The van der Waals surface area contributed by atoms with Gasteiger partial charge in [0.1, 0.15) is 18.3 Å². The van der Waals surface area contributed by atoms with E-state index in [0.29, 0.717) is 6.61 Å². The van der Waals surface area contributed by atoms with Crippen LogP contribution in [0.4, 0.5) is 0 Å². The number of rotatable bonds is 10. The van der Waals surface area contributed by atoms with E-state index in [9.17, 15) is 19.0 Å². The zero-order valence-corrected chi connectivity index (χ0v) is 24.5. The van der Waals surface area contributed by atoms with Crippen molar-refractivity contribution in [1.82, 2.24) is 9.55 Å². The number of methoxy groups -OCH3 is 1. The molecule has 0 aromatic carbocycles. The van der Waals surface area contributed by atoms with E-state index in [4.69, 9.17) is 23.2 Å². The molecule has 11 nitrogen and oxygen atoms in total. The van der Waals surface area contributed by atoms with Gasteiger partial charge >= 0.3 is 13.3 Å². The van der Waals surface area contributed by atoms with Crippen molar-refractivity contribution in [2.24, 2.45) is 5.41 Å². The third-order valence-electron chi connectivity index (χ3n) is 6.18. The van der Waals surface area contributed by atoms with Gasteiger partial charge in [-0.25, -0.2) is 4.79 Å². The fourth-order valence-corrected chi connectivity index (χ4v) is 5.27. The molecular formula is C23H41N2O9PSi. The molecule has 0 amide bonds. The molecule has 0 saturated carbocycles. The molecule has 1 aliphatic rings. The summed E-state index contributed by atoms with van der Waals surface area (Å²) in [5.74, 6) is 1.03. The van der Waals surface area contributed by atoms with Gasteiger partial charge in [0.05, 0.1) is 6.61 Å². The molecule has 1 aromatic rings. The number of nitrogens with one attached hydrogen (secondary N) is 1. The summed E-state index contributed by atoms with van der Waals surface area (Å²) in [4.78, 5) is 36.5. The molecule has 36 heavy (non-hydrogen) atoms. The van der Waals surface area contributed by atoms with Gasteiger partial charge in [0.15, 0.2) is 21.3 Å². The number of hydrogen-bond donors (Lipinski definition) is 2. The molecule has 2 heterocycles. The first-order valence-corrected chi connectivity index (χ1v) is 16.3. The van der Waals surface area contributed by atoms with Crippen molar-refractivity contribution in [1.29, 1.82) is 0 Å². The van der Waals surface area contributed by atoms with Crippen molar-refractivity contribution in [3.05, 3.63) is 45.0 Å². The summed E-state index contributed by atoms with van der Waals surface area (Å²) < 4.78 is 42.6. The molecule has 2 rings (SSSR count). The van der Waals surface area contributed by atoms with E-state index in [0.717, 1.165) is 5.82 Å². The standard InChI is InChI=1S/C23H41N2O9PSi/c1-22(2,3)14-31-15-32-35(28,29)13-11-16-18(34-36(8,9)23(4,5)6)19(30-7)20(33-16)25-12-10-17(26)24-21(25)27/h10-13,16,18-20H,14-15H2,1-9H3,(H,28,29)(H,24,26,27)/b13-11+/t16-,18?,19?,20-/m1/s1. The summed E-state index contributed by atoms with van der Waals surface area (Å²) in [6.07, 6.45) is -0.518. The molecule has 5 atom stereocenters. The average molecular weight is 549 g/mol. The van der Waals surface area contributed by atoms with Crippen LogP contribution in [0.15, 0.2) is 33.7 Å². The van der Waals surface area contributed by atoms with Crippen molar-refractivity contribution in [3.8, 4) is 0 Å². The summed E-state index contributed by atoms with van der Waals surface area (Å²) in [7, 11) is -5.05. The number of H-pyrrole nitrogens is 1. The molecule has 0 radical (unpaired) electrons. The molecule has 0 bridgehead atoms. The minimum Gasteiger partial charge on any atom is -0.408 e. The second-order valence-corrected chi connectivity index (χ2v) is 18.1. The van der Waals surface area contributed by atoms with Crippen LogP contribution in [0.3, 0.4) is 0 Å². The third-order valence-corrected chi connectivity index (χ3v) is 11.7. The number of aromatic nitrogens is 2. The largest absolute Gasteiger partial charge is 0.408 e. The van der Waals surface area contributed by atoms with E-state index in [1.807, 2.05) is 20.8 Å². The zero-order valence-electron chi connectivity index (χ0n) is 22.6. The lowest BCUT2D eigenvalue weighted by molar-refractivity contribution is -0.0483. The van der Waals surface area contributed by atoms with Gasteiger partial charge in [-0.1, -0.05) is 41.5 Å². The predicted molar refractivity (Wildman–Crippen MR) is 138 cm³/mol. The summed E-state index contributed by atoms with van der Waals surface area (Å²) in [5, 5.41) is -0.147. The lowest BCUT2D eigenvalue weighted by atomic mass is 9.99. The quantitative estimate of drug-likeness (QED) is 0.194. The number of ether oxygens (including phenoxy) is 3. The van der Waals surface area contributed by atoms with Crippen LogP contribution in [-0.4, -0.2) is 61.6 Å². The predicted octanol–water partition coefficient (Wildman–Crippen LogP) is 3.58. The lowest BCUT2D eigenvalue weighted by Gasteiger charge is -2.40. The van der Waals surface area contributed by atoms with Gasteiger partial charge in [-0.3, -0.25) is 23.4 Å². The Bertz CT molecular complexity index is 1070. The maximum absolute atomic E-state index is 12.6. The highest BCUT2D eigenvalue weighted by Gasteiger charge is 2.50. The van der Waals surface area contributed by atoms with E-state index in [-0.39, 0.29) is 17.2 Å². The summed E-state index contributed by atoms with van der Waals surface area (Å²) in [6.45, 7) is 16.3. The molecule has 2 N–H and O–H groups in total. The van der Waals surface area contributed by atoms with Gasteiger partial charge in [0.2, 0.25) is 0 Å². The van der Waals surface area contributed by atoms with Crippen molar-refractivity contribution in [2.75, 3.05) is 20.5 Å². The number of hydrogen-bond acceptors (Lipinski definition) is 8. The smallest absolute Gasteiger partial charge is 0.353 e. The van der Waals surface area contributed by atoms with E-state index in [1.165, 1.54) is 30.0 Å². The maximum Gasteiger partial charge on any atom is 0.353 e. The Morgan fingerprint density at radius 3 is 2.36 bits per heavy atom. The van der Waals surface area contributed by atoms with Crippen LogP contribution in [-0.2, 0) is 27.7 Å². The first-order chi connectivity index (χ1) is 16.4. The van der Waals surface area contributed by atoms with Crippen molar-refractivity contribution < 1.29 is 32.6 Å². The van der Waals surface area contributed by atoms with Gasteiger partial charge in [0, 0.05) is 25.2 Å². The highest BCUT2D eigenvalue weighted by atomic mass is 31.2. The molecule has 1 aliphatic heterocycles. The Balaban J connectivity index is 2.34.